The van der Waals surface area contributed by atoms with Gasteiger partial charge in [-0.3, -0.25) is 4.79 Å². The van der Waals surface area contributed by atoms with E-state index < -0.39 is 0 Å². The zero-order valence-electron chi connectivity index (χ0n) is 15.2. The summed E-state index contributed by atoms with van der Waals surface area (Å²) in [4.78, 5) is 19.1. The number of hydrogen-bond donors (Lipinski definition) is 1. The molecule has 2 heterocycles. The lowest BCUT2D eigenvalue weighted by Gasteiger charge is -2.09. The number of anilines is 1. The molecule has 0 saturated heterocycles. The summed E-state index contributed by atoms with van der Waals surface area (Å²) in [5, 5.41) is 1.80. The Hall–Kier alpha value is -3.12. The number of carbonyl (C=O) groups excluding carboxylic acids is 1. The summed E-state index contributed by atoms with van der Waals surface area (Å²) in [7, 11) is 3.09. The second-order valence-corrected chi connectivity index (χ2v) is 7.28. The van der Waals surface area contributed by atoms with Gasteiger partial charge in [0.1, 0.15) is 21.2 Å². The van der Waals surface area contributed by atoms with E-state index in [4.69, 9.17) is 15.2 Å². The van der Waals surface area contributed by atoms with Crippen molar-refractivity contribution in [1.82, 2.24) is 4.98 Å². The van der Waals surface area contributed by atoms with Crippen molar-refractivity contribution in [3.05, 3.63) is 58.5 Å². The van der Waals surface area contributed by atoms with E-state index in [0.717, 1.165) is 26.7 Å². The summed E-state index contributed by atoms with van der Waals surface area (Å²) in [6, 6.07) is 13.2. The molecule has 0 aliphatic rings. The number of nitrogens with two attached hydrogens (primary N) is 1. The van der Waals surface area contributed by atoms with Gasteiger partial charge >= 0.3 is 0 Å². The van der Waals surface area contributed by atoms with Crippen LogP contribution in [0.25, 0.3) is 21.1 Å². The summed E-state index contributed by atoms with van der Waals surface area (Å²) in [5.74, 6) is 0.857. The highest BCUT2D eigenvalue weighted by atomic mass is 32.1. The second-order valence-electron chi connectivity index (χ2n) is 6.28. The van der Waals surface area contributed by atoms with Gasteiger partial charge in [0.2, 0.25) is 5.78 Å². The molecule has 4 aromatic rings. The first-order chi connectivity index (χ1) is 13.0. The van der Waals surface area contributed by atoms with E-state index in [9.17, 15) is 4.79 Å². The highest BCUT2D eigenvalue weighted by Gasteiger charge is 2.22. The summed E-state index contributed by atoms with van der Waals surface area (Å²) < 4.78 is 10.6. The molecule has 5 nitrogen and oxygen atoms in total. The Morgan fingerprint density at radius 2 is 1.89 bits per heavy atom. The number of thiophene rings is 1. The van der Waals surface area contributed by atoms with Crippen LogP contribution >= 0.6 is 11.3 Å². The van der Waals surface area contributed by atoms with Gasteiger partial charge in [0, 0.05) is 10.8 Å². The number of nitrogen functional groups attached to an aromatic ring is 1. The molecule has 0 bridgehead atoms. The fourth-order valence-corrected chi connectivity index (χ4v) is 4.14. The Bertz CT molecular complexity index is 1200. The number of aromatic nitrogens is 1. The fourth-order valence-electron chi connectivity index (χ4n) is 3.11. The number of fused-ring (bicyclic) bond motifs is 2. The van der Waals surface area contributed by atoms with Crippen molar-refractivity contribution >= 4 is 43.9 Å². The van der Waals surface area contributed by atoms with E-state index in [0.29, 0.717) is 27.6 Å². The lowest BCUT2D eigenvalue weighted by Crippen LogP contribution is -2.05. The van der Waals surface area contributed by atoms with Crippen molar-refractivity contribution in [2.45, 2.75) is 6.92 Å². The molecular formula is C21H18N2O3S. The van der Waals surface area contributed by atoms with Crippen LogP contribution in [0.4, 0.5) is 5.69 Å². The van der Waals surface area contributed by atoms with Crippen LogP contribution in [0, 0.1) is 6.92 Å². The summed E-state index contributed by atoms with van der Waals surface area (Å²) in [6.07, 6.45) is 0. The highest BCUT2D eigenvalue weighted by molar-refractivity contribution is 7.21. The van der Waals surface area contributed by atoms with Gasteiger partial charge in [-0.25, -0.2) is 4.98 Å². The predicted octanol–water partition coefficient (Wildman–Crippen LogP) is 4.59. The molecule has 0 atom stereocenters. The Morgan fingerprint density at radius 1 is 1.07 bits per heavy atom. The van der Waals surface area contributed by atoms with Crippen molar-refractivity contribution < 1.29 is 14.3 Å². The number of hydrogen-bond acceptors (Lipinski definition) is 6. The Morgan fingerprint density at radius 3 is 2.63 bits per heavy atom. The molecule has 0 unspecified atom stereocenters. The normalized spacial score (nSPS) is 11.1. The van der Waals surface area contributed by atoms with E-state index in [1.54, 1.807) is 25.3 Å². The molecule has 2 aromatic heterocycles. The van der Waals surface area contributed by atoms with Gasteiger partial charge in [-0.15, -0.1) is 11.3 Å². The zero-order chi connectivity index (χ0) is 19.1. The van der Waals surface area contributed by atoms with E-state index in [1.807, 2.05) is 25.1 Å². The monoisotopic (exact) mass is 378 g/mol. The molecular weight excluding hydrogens is 360 g/mol. The van der Waals surface area contributed by atoms with Crippen LogP contribution in [-0.4, -0.2) is 25.0 Å². The summed E-state index contributed by atoms with van der Waals surface area (Å²) in [6.45, 7) is 2.03. The standard InChI is InChI=1S/C21H18N2O3S/c1-11-4-6-16-12(8-11)9-15-18(22)20(27-21(15)23-16)19(24)14-10-13(25-2)5-7-17(14)26-3/h4-10H,22H2,1-3H3. The number of carbonyl (C=O) groups is 1. The minimum atomic E-state index is -0.202. The molecule has 6 heteroatoms. The van der Waals surface area contributed by atoms with Crippen molar-refractivity contribution in [2.75, 3.05) is 20.0 Å². The minimum absolute atomic E-state index is 0.202. The quantitative estimate of drug-likeness (QED) is 0.526. The van der Waals surface area contributed by atoms with Crippen LogP contribution in [0.2, 0.25) is 0 Å². The zero-order valence-corrected chi connectivity index (χ0v) is 16.0. The number of rotatable bonds is 4. The lowest BCUT2D eigenvalue weighted by molar-refractivity contribution is 0.104. The van der Waals surface area contributed by atoms with E-state index in [2.05, 4.69) is 11.1 Å². The molecule has 4 rings (SSSR count). The van der Waals surface area contributed by atoms with Gasteiger partial charge in [-0.05, 0) is 43.3 Å². The number of aryl methyl sites for hydroxylation is 1. The van der Waals surface area contributed by atoms with E-state index >= 15 is 0 Å². The van der Waals surface area contributed by atoms with Gasteiger partial charge in [0.05, 0.1) is 31.0 Å². The van der Waals surface area contributed by atoms with E-state index in [-0.39, 0.29) is 5.78 Å². The molecule has 0 radical (unpaired) electrons. The van der Waals surface area contributed by atoms with Crippen LogP contribution in [0.3, 0.4) is 0 Å². The third-order valence-electron chi connectivity index (χ3n) is 4.53. The van der Waals surface area contributed by atoms with Crippen molar-refractivity contribution in [1.29, 1.82) is 0 Å². The van der Waals surface area contributed by atoms with Crippen LogP contribution in [0.5, 0.6) is 11.5 Å². The fraction of sp³-hybridized carbons (Fsp3) is 0.143. The minimum Gasteiger partial charge on any atom is -0.497 e. The van der Waals surface area contributed by atoms with Crippen molar-refractivity contribution in [3.63, 3.8) is 0 Å². The maximum atomic E-state index is 13.2. The average Bonchev–Trinajstić information content (AvgIpc) is 3.01. The maximum absolute atomic E-state index is 13.2. The van der Waals surface area contributed by atoms with Crippen molar-refractivity contribution in [2.24, 2.45) is 0 Å². The second kappa shape index (κ2) is 6.55. The third-order valence-corrected chi connectivity index (χ3v) is 5.64. The molecule has 2 aromatic carbocycles. The maximum Gasteiger partial charge on any atom is 0.209 e. The first-order valence-corrected chi connectivity index (χ1v) is 9.19. The SMILES string of the molecule is COc1ccc(OC)c(C(=O)c2sc3nc4ccc(C)cc4cc3c2N)c1. The number of ketones is 1. The van der Waals surface area contributed by atoms with Crippen molar-refractivity contribution in [3.8, 4) is 11.5 Å². The molecule has 27 heavy (non-hydrogen) atoms. The third kappa shape index (κ3) is 2.88. The van der Waals surface area contributed by atoms with Gasteiger partial charge in [-0.2, -0.15) is 0 Å². The van der Waals surface area contributed by atoms with Crippen LogP contribution in [0.15, 0.2) is 42.5 Å². The predicted molar refractivity (Wildman–Crippen MR) is 109 cm³/mol. The molecule has 0 aliphatic carbocycles. The largest absolute Gasteiger partial charge is 0.497 e. The van der Waals surface area contributed by atoms with Crippen LogP contribution in [0.1, 0.15) is 20.8 Å². The first-order valence-electron chi connectivity index (χ1n) is 8.38. The van der Waals surface area contributed by atoms with E-state index in [1.165, 1.54) is 18.4 Å². The van der Waals surface area contributed by atoms with Gasteiger partial charge < -0.3 is 15.2 Å². The number of nitrogens with zero attached hydrogens (tertiary/aromatic N) is 1. The van der Waals surface area contributed by atoms with Crippen LogP contribution in [-0.2, 0) is 0 Å². The molecule has 0 amide bonds. The summed E-state index contributed by atoms with van der Waals surface area (Å²) >= 11 is 1.30. The average molecular weight is 378 g/mol. The molecule has 0 saturated carbocycles. The first kappa shape index (κ1) is 17.3. The van der Waals surface area contributed by atoms with Crippen LogP contribution < -0.4 is 15.2 Å². The lowest BCUT2D eigenvalue weighted by atomic mass is 10.1. The van der Waals surface area contributed by atoms with Gasteiger partial charge in [-0.1, -0.05) is 11.6 Å². The molecule has 136 valence electrons. The molecule has 0 fully saturated rings. The van der Waals surface area contributed by atoms with Gasteiger partial charge in [0.15, 0.2) is 0 Å². The summed E-state index contributed by atoms with van der Waals surface area (Å²) in [5.41, 5.74) is 9.23. The topological polar surface area (TPSA) is 74.4 Å². The number of benzene rings is 2. The Kier molecular flexibility index (Phi) is 4.20. The molecule has 0 aliphatic heterocycles. The molecule has 2 N–H and O–H groups in total. The molecule has 0 spiro atoms. The number of methoxy groups -OCH3 is 2. The number of pyridine rings is 1. The number of ether oxygens (including phenoxy) is 2. The highest BCUT2D eigenvalue weighted by Crippen LogP contribution is 2.37. The Balaban J connectivity index is 1.90. The Labute approximate surface area is 160 Å². The smallest absolute Gasteiger partial charge is 0.209 e. The van der Waals surface area contributed by atoms with Gasteiger partial charge in [0.25, 0.3) is 0 Å².